The van der Waals surface area contributed by atoms with Gasteiger partial charge in [-0.1, -0.05) is 170 Å². The van der Waals surface area contributed by atoms with E-state index in [2.05, 4.69) is 170 Å². The third-order valence-electron chi connectivity index (χ3n) is 10.6. The SMILES string of the molecule is CCC(C)C1=C[C]([Si](c2cc(C(C)C)cc(C(C)C)c2)(c2cc(C(C)C)cc(C(C)C)c2)c2cc(C(C)C)cc(C(C)C)c2)C=C1. The Morgan fingerprint density at radius 2 is 0.696 bits per heavy atom. The first-order valence-electron chi connectivity index (χ1n) is 18.3. The minimum atomic E-state index is -2.80. The molecule has 1 aliphatic carbocycles. The molecule has 4 rings (SSSR count). The molecule has 1 atom stereocenters. The molecule has 0 aliphatic heterocycles. The van der Waals surface area contributed by atoms with Crippen LogP contribution in [0.25, 0.3) is 0 Å². The smallest absolute Gasteiger partial charge is 0.0750 e. The van der Waals surface area contributed by atoms with E-state index in [0.29, 0.717) is 41.4 Å². The Morgan fingerprint density at radius 1 is 0.413 bits per heavy atom. The molecular formula is C45H63Si. The Hall–Kier alpha value is -2.64. The minimum absolute atomic E-state index is 0.459. The van der Waals surface area contributed by atoms with Crippen LogP contribution in [0.3, 0.4) is 0 Å². The van der Waals surface area contributed by atoms with E-state index in [1.54, 1.807) is 0 Å². The summed E-state index contributed by atoms with van der Waals surface area (Å²) < 4.78 is 0. The van der Waals surface area contributed by atoms with Crippen LogP contribution in [-0.4, -0.2) is 8.07 Å². The summed E-state index contributed by atoms with van der Waals surface area (Å²) in [5.74, 6) is 3.29. The molecule has 1 unspecified atom stereocenters. The second-order valence-electron chi connectivity index (χ2n) is 16.1. The lowest BCUT2D eigenvalue weighted by molar-refractivity contribution is 0.672. The molecule has 1 radical (unpaired) electrons. The van der Waals surface area contributed by atoms with Crippen LogP contribution in [-0.2, 0) is 0 Å². The molecule has 0 nitrogen and oxygen atoms in total. The fourth-order valence-corrected chi connectivity index (χ4v) is 11.9. The van der Waals surface area contributed by atoms with Crippen LogP contribution < -0.4 is 15.6 Å². The van der Waals surface area contributed by atoms with Crippen molar-refractivity contribution < 1.29 is 0 Å². The zero-order valence-electron chi connectivity index (χ0n) is 31.7. The highest BCUT2D eigenvalue weighted by Crippen LogP contribution is 2.36. The second kappa shape index (κ2) is 14.6. The largest absolute Gasteiger partial charge is 0.162 e. The Bertz CT molecular complexity index is 1330. The quantitative estimate of drug-likeness (QED) is 0.138. The fraction of sp³-hybridized carbons (Fsp3) is 0.489. The highest BCUT2D eigenvalue weighted by molar-refractivity contribution is 7.15. The monoisotopic (exact) mass is 631 g/mol. The lowest BCUT2D eigenvalue weighted by Gasteiger charge is -2.40. The molecule has 0 N–H and O–H groups in total. The summed E-state index contributed by atoms with van der Waals surface area (Å²) in [7, 11) is -2.80. The van der Waals surface area contributed by atoms with E-state index in [1.807, 2.05) is 0 Å². The molecule has 0 aromatic heterocycles. The van der Waals surface area contributed by atoms with Crippen molar-refractivity contribution in [2.75, 3.05) is 0 Å². The van der Waals surface area contributed by atoms with Gasteiger partial charge in [0.15, 0.2) is 8.07 Å². The standard InChI is InChI=1S/C45H63Si/c1-15-34(14)35-16-17-42(21-35)46(43-22-36(28(2)3)18-37(23-43)29(4)5,44-24-38(30(6)7)19-39(25-44)31(8)9)45-26-40(32(10)11)20-41(27-45)33(12)13/h16-34H,15H2,1-14H3. The molecule has 0 amide bonds. The lowest BCUT2D eigenvalue weighted by atomic mass is 9.95. The van der Waals surface area contributed by atoms with Crippen molar-refractivity contribution in [3.05, 3.63) is 117 Å². The average molecular weight is 632 g/mol. The summed E-state index contributed by atoms with van der Waals surface area (Å²) in [5.41, 5.74) is 11.8. The number of benzene rings is 3. The average Bonchev–Trinajstić information content (AvgIpc) is 3.51. The highest BCUT2D eigenvalue weighted by Gasteiger charge is 2.47. The van der Waals surface area contributed by atoms with E-state index >= 15 is 0 Å². The molecule has 0 saturated heterocycles. The fourth-order valence-electron chi connectivity index (χ4n) is 6.92. The van der Waals surface area contributed by atoms with Gasteiger partial charge in [-0.2, -0.15) is 0 Å². The van der Waals surface area contributed by atoms with Gasteiger partial charge in [-0.15, -0.1) is 0 Å². The number of hydrogen-bond donors (Lipinski definition) is 0. The predicted octanol–water partition coefficient (Wildman–Crippen LogP) is 11.6. The topological polar surface area (TPSA) is 0 Å². The number of hydrogen-bond acceptors (Lipinski definition) is 0. The van der Waals surface area contributed by atoms with E-state index < -0.39 is 8.07 Å². The van der Waals surface area contributed by atoms with Gasteiger partial charge in [0.05, 0.1) is 0 Å². The van der Waals surface area contributed by atoms with Crippen LogP contribution in [0.15, 0.2) is 78.4 Å². The molecule has 0 saturated carbocycles. The van der Waals surface area contributed by atoms with E-state index in [0.717, 1.165) is 6.42 Å². The molecule has 3 aromatic carbocycles. The zero-order chi connectivity index (χ0) is 34.1. The molecule has 0 bridgehead atoms. The first-order chi connectivity index (χ1) is 21.6. The molecule has 1 aliphatic rings. The van der Waals surface area contributed by atoms with E-state index in [4.69, 9.17) is 0 Å². The summed E-state index contributed by atoms with van der Waals surface area (Å²) in [6.45, 7) is 33.1. The van der Waals surface area contributed by atoms with Crippen molar-refractivity contribution in [2.45, 2.75) is 139 Å². The summed E-state index contributed by atoms with van der Waals surface area (Å²) in [6, 6.07) is 23.2. The summed E-state index contributed by atoms with van der Waals surface area (Å²) in [4.78, 5) is 0. The van der Waals surface area contributed by atoms with Gasteiger partial charge in [-0.05, 0) is 102 Å². The van der Waals surface area contributed by atoms with Gasteiger partial charge < -0.3 is 0 Å². The lowest BCUT2D eigenvalue weighted by Crippen LogP contribution is -2.70. The molecule has 46 heavy (non-hydrogen) atoms. The Kier molecular flexibility index (Phi) is 11.5. The maximum atomic E-state index is 2.62. The van der Waals surface area contributed by atoms with E-state index in [1.165, 1.54) is 60.1 Å². The van der Waals surface area contributed by atoms with E-state index in [9.17, 15) is 0 Å². The molecule has 1 heteroatoms. The van der Waals surface area contributed by atoms with Crippen LogP contribution in [0.2, 0.25) is 0 Å². The van der Waals surface area contributed by atoms with Crippen molar-refractivity contribution >= 4 is 23.6 Å². The molecule has 0 fully saturated rings. The Balaban J connectivity index is 2.32. The molecule has 247 valence electrons. The normalized spacial score (nSPS) is 15.0. The van der Waals surface area contributed by atoms with Gasteiger partial charge in [0.25, 0.3) is 0 Å². The number of allylic oxidation sites excluding steroid dienone is 4. The van der Waals surface area contributed by atoms with Gasteiger partial charge in [0.1, 0.15) is 0 Å². The maximum absolute atomic E-state index is 2.80. The van der Waals surface area contributed by atoms with Crippen molar-refractivity contribution in [3.8, 4) is 0 Å². The highest BCUT2D eigenvalue weighted by atomic mass is 28.3. The van der Waals surface area contributed by atoms with Gasteiger partial charge in [0.2, 0.25) is 0 Å². The predicted molar refractivity (Wildman–Crippen MR) is 208 cm³/mol. The molecule has 3 aromatic rings. The van der Waals surface area contributed by atoms with Crippen molar-refractivity contribution in [1.82, 2.24) is 0 Å². The molecular weight excluding hydrogens is 569 g/mol. The van der Waals surface area contributed by atoms with Crippen LogP contribution in [0.4, 0.5) is 0 Å². The van der Waals surface area contributed by atoms with Gasteiger partial charge in [0, 0.05) is 5.54 Å². The minimum Gasteiger partial charge on any atom is -0.0750 e. The first kappa shape index (κ1) is 36.2. The first-order valence-corrected chi connectivity index (χ1v) is 20.3. The summed E-state index contributed by atoms with van der Waals surface area (Å²) in [6.07, 6.45) is 8.75. The van der Waals surface area contributed by atoms with Crippen molar-refractivity contribution in [2.24, 2.45) is 5.92 Å². The third kappa shape index (κ3) is 7.25. The third-order valence-corrected chi connectivity index (χ3v) is 15.3. The maximum Gasteiger partial charge on any atom is 0.162 e. The second-order valence-corrected chi connectivity index (χ2v) is 19.9. The van der Waals surface area contributed by atoms with Crippen LogP contribution in [0, 0.1) is 11.5 Å². The Morgan fingerprint density at radius 3 is 0.935 bits per heavy atom. The summed E-state index contributed by atoms with van der Waals surface area (Å²) in [5, 5.41) is 4.61. The van der Waals surface area contributed by atoms with Gasteiger partial charge in [-0.3, -0.25) is 0 Å². The van der Waals surface area contributed by atoms with Crippen molar-refractivity contribution in [1.29, 1.82) is 0 Å². The number of rotatable bonds is 12. The summed E-state index contributed by atoms with van der Waals surface area (Å²) >= 11 is 0. The Labute approximate surface area is 284 Å². The van der Waals surface area contributed by atoms with Gasteiger partial charge >= 0.3 is 0 Å². The van der Waals surface area contributed by atoms with Crippen LogP contribution >= 0.6 is 0 Å². The van der Waals surface area contributed by atoms with Crippen LogP contribution in [0.5, 0.6) is 0 Å². The van der Waals surface area contributed by atoms with E-state index in [-0.39, 0.29) is 0 Å². The molecule has 0 spiro atoms. The van der Waals surface area contributed by atoms with Gasteiger partial charge in [-0.25, -0.2) is 0 Å². The van der Waals surface area contributed by atoms with Crippen molar-refractivity contribution in [3.63, 3.8) is 0 Å². The molecule has 0 heterocycles. The van der Waals surface area contributed by atoms with Crippen LogP contribution in [0.1, 0.15) is 172 Å². The zero-order valence-corrected chi connectivity index (χ0v) is 32.7.